The Morgan fingerprint density at radius 2 is 1.65 bits per heavy atom. The number of methoxy groups -OCH3 is 1. The maximum atomic E-state index is 12.3. The second kappa shape index (κ2) is 9.04. The number of benzene rings is 2. The number of rotatable bonds is 7. The van der Waals surface area contributed by atoms with Crippen molar-refractivity contribution in [2.24, 2.45) is 0 Å². The van der Waals surface area contributed by atoms with Crippen LogP contribution in [0.5, 0.6) is 5.75 Å². The van der Waals surface area contributed by atoms with Gasteiger partial charge in [0.1, 0.15) is 12.3 Å². The minimum atomic E-state index is -0.173. The monoisotopic (exact) mass is 354 g/mol. The van der Waals surface area contributed by atoms with Gasteiger partial charge in [-0.25, -0.2) is 0 Å². The van der Waals surface area contributed by atoms with Crippen LogP contribution in [0.1, 0.15) is 23.6 Å². The molecule has 0 fully saturated rings. The Kier molecular flexibility index (Phi) is 6.78. The summed E-state index contributed by atoms with van der Waals surface area (Å²) < 4.78 is 5.13. The third-order valence-electron chi connectivity index (χ3n) is 4.09. The van der Waals surface area contributed by atoms with E-state index in [2.05, 4.69) is 5.32 Å². The van der Waals surface area contributed by atoms with Crippen LogP contribution >= 0.6 is 0 Å². The first kappa shape index (κ1) is 19.5. The highest BCUT2D eigenvalue weighted by Crippen LogP contribution is 2.19. The molecule has 0 saturated carbocycles. The summed E-state index contributed by atoms with van der Waals surface area (Å²) in [6.07, 6.45) is 0.722. The van der Waals surface area contributed by atoms with E-state index in [0.717, 1.165) is 34.5 Å². The lowest BCUT2D eigenvalue weighted by Gasteiger charge is -2.21. The molecule has 0 aliphatic rings. The first-order valence-corrected chi connectivity index (χ1v) is 8.65. The van der Waals surface area contributed by atoms with Crippen LogP contribution in [0.3, 0.4) is 0 Å². The lowest BCUT2D eigenvalue weighted by atomic mass is 10.1. The molecular formula is C21H26N2O3. The fourth-order valence-electron chi connectivity index (χ4n) is 2.83. The summed E-state index contributed by atoms with van der Waals surface area (Å²) in [7, 11) is 1.63. The van der Waals surface area contributed by atoms with E-state index in [1.165, 1.54) is 11.8 Å². The van der Waals surface area contributed by atoms with Crippen molar-refractivity contribution in [2.75, 3.05) is 25.1 Å². The molecule has 0 atom stereocenters. The van der Waals surface area contributed by atoms with Crippen LogP contribution in [-0.2, 0) is 16.0 Å². The molecule has 0 radical (unpaired) electrons. The molecule has 0 spiro atoms. The Hall–Kier alpha value is -2.82. The largest absolute Gasteiger partial charge is 0.497 e. The third kappa shape index (κ3) is 5.62. The van der Waals surface area contributed by atoms with E-state index in [1.807, 2.05) is 56.3 Å². The molecule has 0 aromatic heterocycles. The Morgan fingerprint density at radius 1 is 1.04 bits per heavy atom. The number of carbonyl (C=O) groups excluding carboxylic acids is 2. The summed E-state index contributed by atoms with van der Waals surface area (Å²) >= 11 is 0. The van der Waals surface area contributed by atoms with Crippen LogP contribution in [-0.4, -0.2) is 32.0 Å². The molecule has 5 nitrogen and oxygen atoms in total. The lowest BCUT2D eigenvalue weighted by Crippen LogP contribution is -2.40. The zero-order valence-electron chi connectivity index (χ0n) is 15.8. The number of amides is 2. The molecular weight excluding hydrogens is 328 g/mol. The van der Waals surface area contributed by atoms with Gasteiger partial charge in [-0.15, -0.1) is 0 Å². The minimum absolute atomic E-state index is 0.0147. The molecule has 5 heteroatoms. The topological polar surface area (TPSA) is 58.6 Å². The van der Waals surface area contributed by atoms with Gasteiger partial charge in [0.25, 0.3) is 0 Å². The van der Waals surface area contributed by atoms with Gasteiger partial charge in [0.05, 0.1) is 7.11 Å². The summed E-state index contributed by atoms with van der Waals surface area (Å²) in [5, 5.41) is 2.88. The van der Waals surface area contributed by atoms with Crippen molar-refractivity contribution in [3.8, 4) is 5.75 Å². The molecule has 0 heterocycles. The van der Waals surface area contributed by atoms with Crippen LogP contribution in [0, 0.1) is 13.8 Å². The molecule has 0 aliphatic carbocycles. The second-order valence-corrected chi connectivity index (χ2v) is 6.40. The van der Waals surface area contributed by atoms with Crippen LogP contribution < -0.4 is 15.0 Å². The number of hydrogen-bond acceptors (Lipinski definition) is 3. The van der Waals surface area contributed by atoms with Crippen LogP contribution in [0.15, 0.2) is 42.5 Å². The molecule has 2 aromatic rings. The van der Waals surface area contributed by atoms with Gasteiger partial charge >= 0.3 is 0 Å². The molecule has 138 valence electrons. The SMILES string of the molecule is COc1ccc(CCNC(=O)CN(C(C)=O)c2cc(C)cc(C)c2)cc1. The van der Waals surface area contributed by atoms with Crippen LogP contribution in [0.2, 0.25) is 0 Å². The first-order valence-electron chi connectivity index (χ1n) is 8.65. The third-order valence-corrected chi connectivity index (χ3v) is 4.09. The van der Waals surface area contributed by atoms with Gasteiger partial charge in [-0.05, 0) is 61.2 Å². The minimum Gasteiger partial charge on any atom is -0.497 e. The summed E-state index contributed by atoms with van der Waals surface area (Å²) in [5.41, 5.74) is 3.99. The number of nitrogens with one attached hydrogen (secondary N) is 1. The summed E-state index contributed by atoms with van der Waals surface area (Å²) in [4.78, 5) is 25.8. The van der Waals surface area contributed by atoms with Gasteiger partial charge in [-0.1, -0.05) is 18.2 Å². The second-order valence-electron chi connectivity index (χ2n) is 6.40. The van der Waals surface area contributed by atoms with Gasteiger partial charge in [-0.2, -0.15) is 0 Å². The summed E-state index contributed by atoms with van der Waals surface area (Å²) in [6.45, 7) is 5.96. The normalized spacial score (nSPS) is 10.3. The maximum absolute atomic E-state index is 12.3. The number of ether oxygens (including phenoxy) is 1. The van der Waals surface area contributed by atoms with E-state index in [0.29, 0.717) is 6.54 Å². The molecule has 0 unspecified atom stereocenters. The molecule has 2 amide bonds. The number of hydrogen-bond donors (Lipinski definition) is 1. The van der Waals surface area contributed by atoms with Crippen LogP contribution in [0.4, 0.5) is 5.69 Å². The highest BCUT2D eigenvalue weighted by molar-refractivity contribution is 5.97. The molecule has 2 rings (SSSR count). The van der Waals surface area contributed by atoms with E-state index in [4.69, 9.17) is 4.74 Å². The molecule has 26 heavy (non-hydrogen) atoms. The number of carbonyl (C=O) groups is 2. The highest BCUT2D eigenvalue weighted by atomic mass is 16.5. The average Bonchev–Trinajstić information content (AvgIpc) is 2.59. The Morgan fingerprint density at radius 3 is 2.19 bits per heavy atom. The zero-order chi connectivity index (χ0) is 19.1. The van der Waals surface area contributed by atoms with Gasteiger partial charge in [0.15, 0.2) is 0 Å². The van der Waals surface area contributed by atoms with Crippen molar-refractivity contribution in [1.82, 2.24) is 5.32 Å². The highest BCUT2D eigenvalue weighted by Gasteiger charge is 2.16. The molecule has 0 bridgehead atoms. The fourth-order valence-corrected chi connectivity index (χ4v) is 2.83. The Labute approximate surface area is 155 Å². The number of nitrogens with zero attached hydrogens (tertiary/aromatic N) is 1. The van der Waals surface area contributed by atoms with E-state index >= 15 is 0 Å². The van der Waals surface area contributed by atoms with Crippen LogP contribution in [0.25, 0.3) is 0 Å². The predicted octanol–water partition coefficient (Wildman–Crippen LogP) is 3.02. The maximum Gasteiger partial charge on any atom is 0.240 e. The average molecular weight is 354 g/mol. The summed E-state index contributed by atoms with van der Waals surface area (Å²) in [6, 6.07) is 13.6. The standard InChI is InChI=1S/C21H26N2O3/c1-15-11-16(2)13-19(12-15)23(17(3)24)14-21(25)22-10-9-18-5-7-20(26-4)8-6-18/h5-8,11-13H,9-10,14H2,1-4H3,(H,22,25). The lowest BCUT2D eigenvalue weighted by molar-refractivity contribution is -0.123. The number of anilines is 1. The predicted molar refractivity (Wildman–Crippen MR) is 104 cm³/mol. The van der Waals surface area contributed by atoms with Crippen molar-refractivity contribution in [1.29, 1.82) is 0 Å². The molecule has 1 N–H and O–H groups in total. The Bertz CT molecular complexity index is 749. The van der Waals surface area contributed by atoms with Crippen molar-refractivity contribution >= 4 is 17.5 Å². The summed E-state index contributed by atoms with van der Waals surface area (Å²) in [5.74, 6) is 0.483. The van der Waals surface area contributed by atoms with Crippen molar-refractivity contribution in [3.63, 3.8) is 0 Å². The number of aryl methyl sites for hydroxylation is 2. The quantitative estimate of drug-likeness (QED) is 0.831. The van der Waals surface area contributed by atoms with Gasteiger partial charge < -0.3 is 15.0 Å². The fraction of sp³-hybridized carbons (Fsp3) is 0.333. The van der Waals surface area contributed by atoms with Crippen molar-refractivity contribution in [3.05, 3.63) is 59.2 Å². The van der Waals surface area contributed by atoms with Gasteiger partial charge in [0.2, 0.25) is 11.8 Å². The van der Waals surface area contributed by atoms with E-state index in [9.17, 15) is 9.59 Å². The first-order chi connectivity index (χ1) is 12.4. The van der Waals surface area contributed by atoms with Gasteiger partial charge in [0, 0.05) is 19.2 Å². The molecule has 2 aromatic carbocycles. The molecule has 0 aliphatic heterocycles. The molecule has 0 saturated heterocycles. The Balaban J connectivity index is 1.92. The van der Waals surface area contributed by atoms with E-state index in [1.54, 1.807) is 7.11 Å². The van der Waals surface area contributed by atoms with E-state index < -0.39 is 0 Å². The van der Waals surface area contributed by atoms with Crippen molar-refractivity contribution < 1.29 is 14.3 Å². The van der Waals surface area contributed by atoms with Crippen molar-refractivity contribution in [2.45, 2.75) is 27.2 Å². The van der Waals surface area contributed by atoms with E-state index in [-0.39, 0.29) is 18.4 Å². The van der Waals surface area contributed by atoms with Gasteiger partial charge in [-0.3, -0.25) is 9.59 Å². The zero-order valence-corrected chi connectivity index (χ0v) is 15.8. The smallest absolute Gasteiger partial charge is 0.240 e.